The maximum atomic E-state index is 10.5. The Morgan fingerprint density at radius 2 is 2.17 bits per heavy atom. The summed E-state index contributed by atoms with van der Waals surface area (Å²) >= 11 is 0. The molecule has 0 bridgehead atoms. The fourth-order valence-corrected chi connectivity index (χ4v) is 0.668. The van der Waals surface area contributed by atoms with E-state index in [1.54, 1.807) is 13.1 Å². The maximum absolute atomic E-state index is 10.5. The third-order valence-corrected chi connectivity index (χ3v) is 1.65. The highest BCUT2D eigenvalue weighted by atomic mass is 16.4. The number of carbonyl (C=O) groups is 1. The van der Waals surface area contributed by atoms with Gasteiger partial charge >= 0.3 is 5.97 Å². The summed E-state index contributed by atoms with van der Waals surface area (Å²) in [4.78, 5) is 12.4. The summed E-state index contributed by atoms with van der Waals surface area (Å²) in [5, 5.41) is 8.58. The van der Waals surface area contributed by atoms with Crippen LogP contribution >= 0.6 is 0 Å². The van der Waals surface area contributed by atoms with Crippen molar-refractivity contribution in [3.8, 4) is 0 Å². The van der Waals surface area contributed by atoms with E-state index in [9.17, 15) is 4.79 Å². The van der Waals surface area contributed by atoms with Crippen molar-refractivity contribution in [3.63, 3.8) is 0 Å². The zero-order valence-electron chi connectivity index (χ0n) is 7.79. The van der Waals surface area contributed by atoms with Crippen molar-refractivity contribution in [2.75, 3.05) is 13.6 Å². The fourth-order valence-electron chi connectivity index (χ4n) is 0.668. The van der Waals surface area contributed by atoms with Crippen LogP contribution in [0.5, 0.6) is 0 Å². The zero-order chi connectivity index (χ0) is 9.72. The molecule has 0 atom stereocenters. The lowest BCUT2D eigenvalue weighted by molar-refractivity contribution is -0.132. The SMILES string of the molecule is C=C(C(=O)O)/C(C)=C\N(C)CC. The van der Waals surface area contributed by atoms with Crippen LogP contribution in [0.4, 0.5) is 0 Å². The first kappa shape index (κ1) is 10.8. The van der Waals surface area contributed by atoms with Gasteiger partial charge < -0.3 is 10.0 Å². The van der Waals surface area contributed by atoms with Gasteiger partial charge in [0.15, 0.2) is 0 Å². The highest BCUT2D eigenvalue weighted by molar-refractivity contribution is 5.90. The molecule has 0 unspecified atom stereocenters. The Bertz CT molecular complexity index is 219. The van der Waals surface area contributed by atoms with E-state index in [0.717, 1.165) is 6.54 Å². The van der Waals surface area contributed by atoms with Crippen molar-refractivity contribution in [2.45, 2.75) is 13.8 Å². The predicted octanol–water partition coefficient (Wildman–Crippen LogP) is 1.48. The number of rotatable bonds is 4. The van der Waals surface area contributed by atoms with Crippen molar-refractivity contribution in [2.24, 2.45) is 0 Å². The summed E-state index contributed by atoms with van der Waals surface area (Å²) in [7, 11) is 1.89. The quantitative estimate of drug-likeness (QED) is 0.512. The first-order chi connectivity index (χ1) is 5.49. The summed E-state index contributed by atoms with van der Waals surface area (Å²) in [5.41, 5.74) is 0.835. The second kappa shape index (κ2) is 4.59. The lowest BCUT2D eigenvalue weighted by Crippen LogP contribution is -2.11. The van der Waals surface area contributed by atoms with Crippen LogP contribution in [0.25, 0.3) is 0 Å². The van der Waals surface area contributed by atoms with E-state index >= 15 is 0 Å². The second-order valence-corrected chi connectivity index (χ2v) is 2.67. The summed E-state index contributed by atoms with van der Waals surface area (Å²) in [6.07, 6.45) is 1.77. The monoisotopic (exact) mass is 169 g/mol. The maximum Gasteiger partial charge on any atom is 0.335 e. The molecule has 1 N–H and O–H groups in total. The van der Waals surface area contributed by atoms with Gasteiger partial charge in [0.2, 0.25) is 0 Å². The van der Waals surface area contributed by atoms with Gasteiger partial charge in [-0.3, -0.25) is 0 Å². The molecular formula is C9H15NO2. The standard InChI is InChI=1S/C9H15NO2/c1-5-10(4)6-7(2)8(3)9(11)12/h6H,3,5H2,1-2,4H3,(H,11,12)/b7-6-. The minimum Gasteiger partial charge on any atom is -0.478 e. The molecule has 0 saturated carbocycles. The van der Waals surface area contributed by atoms with Crippen LogP contribution < -0.4 is 0 Å². The van der Waals surface area contributed by atoms with E-state index in [2.05, 4.69) is 6.58 Å². The Hall–Kier alpha value is -1.25. The second-order valence-electron chi connectivity index (χ2n) is 2.67. The number of hydrogen-bond acceptors (Lipinski definition) is 2. The molecule has 3 nitrogen and oxygen atoms in total. The van der Waals surface area contributed by atoms with Gasteiger partial charge in [-0.15, -0.1) is 0 Å². The predicted molar refractivity (Wildman–Crippen MR) is 48.8 cm³/mol. The highest BCUT2D eigenvalue weighted by Gasteiger charge is 2.05. The van der Waals surface area contributed by atoms with Gasteiger partial charge in [0, 0.05) is 19.8 Å². The Morgan fingerprint density at radius 1 is 1.67 bits per heavy atom. The molecule has 0 aromatic carbocycles. The van der Waals surface area contributed by atoms with Crippen LogP contribution in [0.2, 0.25) is 0 Å². The van der Waals surface area contributed by atoms with Crippen LogP contribution in [0.3, 0.4) is 0 Å². The molecule has 0 fully saturated rings. The van der Waals surface area contributed by atoms with Crippen molar-refractivity contribution >= 4 is 5.97 Å². The molecule has 0 aromatic rings. The van der Waals surface area contributed by atoms with E-state index in [-0.39, 0.29) is 5.57 Å². The molecule has 0 aromatic heterocycles. The number of nitrogens with zero attached hydrogens (tertiary/aromatic N) is 1. The molecule has 0 aliphatic heterocycles. The molecule has 0 saturated heterocycles. The van der Waals surface area contributed by atoms with Gasteiger partial charge in [-0.1, -0.05) is 6.58 Å². The van der Waals surface area contributed by atoms with Crippen LogP contribution in [0.15, 0.2) is 23.9 Å². The summed E-state index contributed by atoms with van der Waals surface area (Å²) < 4.78 is 0. The van der Waals surface area contributed by atoms with Gasteiger partial charge in [-0.25, -0.2) is 4.79 Å². The zero-order valence-corrected chi connectivity index (χ0v) is 7.79. The fraction of sp³-hybridized carbons (Fsp3) is 0.444. The summed E-state index contributed by atoms with van der Waals surface area (Å²) in [5.74, 6) is -0.965. The van der Waals surface area contributed by atoms with Crippen LogP contribution in [0.1, 0.15) is 13.8 Å². The number of carboxylic acids is 1. The normalized spacial score (nSPS) is 11.1. The molecule has 0 heterocycles. The molecule has 68 valence electrons. The molecule has 0 spiro atoms. The van der Waals surface area contributed by atoms with E-state index in [1.165, 1.54) is 0 Å². The van der Waals surface area contributed by atoms with Crippen LogP contribution in [-0.4, -0.2) is 29.6 Å². The smallest absolute Gasteiger partial charge is 0.335 e. The lowest BCUT2D eigenvalue weighted by atomic mass is 10.1. The Balaban J connectivity index is 4.37. The average molecular weight is 169 g/mol. The molecule has 0 amide bonds. The first-order valence-corrected chi connectivity index (χ1v) is 3.80. The first-order valence-electron chi connectivity index (χ1n) is 3.80. The molecule has 0 aliphatic carbocycles. The molecular weight excluding hydrogens is 154 g/mol. The third kappa shape index (κ3) is 3.23. The molecule has 3 heteroatoms. The van der Waals surface area contributed by atoms with E-state index in [0.29, 0.717) is 5.57 Å². The van der Waals surface area contributed by atoms with Crippen molar-refractivity contribution in [3.05, 3.63) is 23.9 Å². The average Bonchev–Trinajstić information content (AvgIpc) is 2.02. The van der Waals surface area contributed by atoms with Gasteiger partial charge in [0.05, 0.1) is 5.57 Å². The van der Waals surface area contributed by atoms with E-state index in [4.69, 9.17) is 5.11 Å². The largest absolute Gasteiger partial charge is 0.478 e. The van der Waals surface area contributed by atoms with Crippen molar-refractivity contribution in [1.29, 1.82) is 0 Å². The number of carboxylic acid groups (broad SMARTS) is 1. The van der Waals surface area contributed by atoms with Gasteiger partial charge in [-0.2, -0.15) is 0 Å². The Morgan fingerprint density at radius 3 is 2.50 bits per heavy atom. The lowest BCUT2D eigenvalue weighted by Gasteiger charge is -2.11. The van der Waals surface area contributed by atoms with E-state index in [1.807, 2.05) is 18.9 Å². The highest BCUT2D eigenvalue weighted by Crippen LogP contribution is 2.06. The minimum atomic E-state index is -0.965. The minimum absolute atomic E-state index is 0.148. The summed E-state index contributed by atoms with van der Waals surface area (Å²) in [6.45, 7) is 8.03. The van der Waals surface area contributed by atoms with Gasteiger partial charge in [0.25, 0.3) is 0 Å². The van der Waals surface area contributed by atoms with Crippen molar-refractivity contribution in [1.82, 2.24) is 4.90 Å². The number of hydrogen-bond donors (Lipinski definition) is 1. The Labute approximate surface area is 73.0 Å². The third-order valence-electron chi connectivity index (χ3n) is 1.65. The topological polar surface area (TPSA) is 40.5 Å². The van der Waals surface area contributed by atoms with E-state index < -0.39 is 5.97 Å². The molecule has 12 heavy (non-hydrogen) atoms. The van der Waals surface area contributed by atoms with Gasteiger partial charge in [-0.05, 0) is 19.4 Å². The van der Waals surface area contributed by atoms with Crippen LogP contribution in [-0.2, 0) is 4.79 Å². The molecule has 0 radical (unpaired) electrons. The van der Waals surface area contributed by atoms with Crippen LogP contribution in [0, 0.1) is 0 Å². The Kier molecular flexibility index (Phi) is 4.11. The van der Waals surface area contributed by atoms with Crippen molar-refractivity contribution < 1.29 is 9.90 Å². The molecule has 0 aliphatic rings. The summed E-state index contributed by atoms with van der Waals surface area (Å²) in [6, 6.07) is 0. The van der Waals surface area contributed by atoms with Gasteiger partial charge in [0.1, 0.15) is 0 Å². The molecule has 0 rings (SSSR count). The number of aliphatic carboxylic acids is 1.